The fraction of sp³-hybridized carbons (Fsp3) is 0.727. The van der Waals surface area contributed by atoms with E-state index in [2.05, 4.69) is 25.7 Å². The number of carbonyl (C=O) groups is 2. The van der Waals surface area contributed by atoms with Gasteiger partial charge in [-0.2, -0.15) is 0 Å². The van der Waals surface area contributed by atoms with Crippen LogP contribution in [0.15, 0.2) is 10.5 Å². The molecular weight excluding hydrogens is 356 g/mol. The molecule has 0 radical (unpaired) electrons. The summed E-state index contributed by atoms with van der Waals surface area (Å²) in [5.41, 5.74) is 0.617. The number of methoxy groups -OCH3 is 1. The number of hydrogen-bond donors (Lipinski definition) is 0. The molecule has 2 aliphatic heterocycles. The summed E-state index contributed by atoms with van der Waals surface area (Å²) in [6, 6.07) is 1.93. The number of likely N-dealkylation sites (tertiary alicyclic amines) is 2. The maximum absolute atomic E-state index is 13.2. The molecule has 0 bridgehead atoms. The minimum absolute atomic E-state index is 0.0435. The number of hydrogen-bond acceptors (Lipinski definition) is 5. The molecule has 2 atom stereocenters. The molecule has 1 aromatic heterocycles. The van der Waals surface area contributed by atoms with E-state index in [1.54, 1.807) is 4.90 Å². The number of ether oxygens (including phenoxy) is 1. The number of esters is 1. The molecule has 1 aliphatic carbocycles. The van der Waals surface area contributed by atoms with E-state index < -0.39 is 5.41 Å². The standard InChI is InChI=1S/C22H32N2O4/c1-5-16-15(11-23-8-6-7-9-23)10-17(28-16)19(25)24-12-18-21(2,3)13-22(18,14-24)20(26)27-4/h10,18H,5-9,11-14H2,1-4H3/t18-,22+/m1/s1. The summed E-state index contributed by atoms with van der Waals surface area (Å²) in [5, 5.41) is 0. The normalized spacial score (nSPS) is 28.9. The van der Waals surface area contributed by atoms with Gasteiger partial charge in [0.25, 0.3) is 5.91 Å². The lowest BCUT2D eigenvalue weighted by Crippen LogP contribution is -2.57. The Hall–Kier alpha value is -1.82. The summed E-state index contributed by atoms with van der Waals surface area (Å²) in [6.45, 7) is 10.5. The topological polar surface area (TPSA) is 63.0 Å². The Labute approximate surface area is 167 Å². The van der Waals surface area contributed by atoms with Gasteiger partial charge < -0.3 is 14.1 Å². The van der Waals surface area contributed by atoms with Crippen molar-refractivity contribution in [2.45, 2.75) is 53.0 Å². The Balaban J connectivity index is 1.53. The van der Waals surface area contributed by atoms with Gasteiger partial charge in [-0.05, 0) is 49.8 Å². The van der Waals surface area contributed by atoms with Gasteiger partial charge in [-0.1, -0.05) is 20.8 Å². The van der Waals surface area contributed by atoms with Crippen LogP contribution < -0.4 is 0 Å². The number of carbonyl (C=O) groups excluding carboxylic acids is 2. The third-order valence-electron chi connectivity index (χ3n) is 7.16. The molecule has 3 fully saturated rings. The fourth-order valence-corrected chi connectivity index (χ4v) is 5.87. The van der Waals surface area contributed by atoms with Gasteiger partial charge in [0, 0.05) is 31.6 Å². The van der Waals surface area contributed by atoms with Crippen LogP contribution in [-0.4, -0.2) is 55.0 Å². The lowest BCUT2D eigenvalue weighted by atomic mass is 9.48. The minimum atomic E-state index is -0.549. The summed E-state index contributed by atoms with van der Waals surface area (Å²) in [6.07, 6.45) is 4.02. The first-order chi connectivity index (χ1) is 13.3. The van der Waals surface area contributed by atoms with Crippen molar-refractivity contribution >= 4 is 11.9 Å². The molecule has 2 saturated heterocycles. The minimum Gasteiger partial charge on any atom is -0.469 e. The SMILES string of the molecule is CCc1oc(C(=O)N2C[C@@H]3C(C)(C)C[C@]3(C(=O)OC)C2)cc1CN1CCCC1. The number of furan rings is 1. The number of amides is 1. The van der Waals surface area contributed by atoms with Gasteiger partial charge >= 0.3 is 5.97 Å². The maximum Gasteiger partial charge on any atom is 0.314 e. The van der Waals surface area contributed by atoms with Crippen LogP contribution in [0.3, 0.4) is 0 Å². The van der Waals surface area contributed by atoms with E-state index in [4.69, 9.17) is 9.15 Å². The molecule has 1 aromatic rings. The van der Waals surface area contributed by atoms with E-state index >= 15 is 0 Å². The average molecular weight is 389 g/mol. The number of nitrogens with zero attached hydrogens (tertiary/aromatic N) is 2. The monoisotopic (exact) mass is 388 g/mol. The molecule has 6 nitrogen and oxygen atoms in total. The number of rotatable bonds is 5. The molecule has 3 heterocycles. The van der Waals surface area contributed by atoms with Gasteiger partial charge in [0.2, 0.25) is 0 Å². The highest BCUT2D eigenvalue weighted by atomic mass is 16.5. The molecule has 0 unspecified atom stereocenters. The van der Waals surface area contributed by atoms with Crippen molar-refractivity contribution in [2.75, 3.05) is 33.3 Å². The van der Waals surface area contributed by atoms with Crippen LogP contribution >= 0.6 is 0 Å². The fourth-order valence-electron chi connectivity index (χ4n) is 5.87. The molecular formula is C22H32N2O4. The van der Waals surface area contributed by atoms with Gasteiger partial charge in [-0.25, -0.2) is 0 Å². The van der Waals surface area contributed by atoms with Crippen molar-refractivity contribution in [2.24, 2.45) is 16.7 Å². The predicted molar refractivity (Wildman–Crippen MR) is 105 cm³/mol. The van der Waals surface area contributed by atoms with Gasteiger partial charge in [-0.15, -0.1) is 0 Å². The Morgan fingerprint density at radius 3 is 2.61 bits per heavy atom. The van der Waals surface area contributed by atoms with E-state index in [1.165, 1.54) is 20.0 Å². The number of fused-ring (bicyclic) bond motifs is 1. The Bertz CT molecular complexity index is 777. The van der Waals surface area contributed by atoms with Crippen LogP contribution in [0.2, 0.25) is 0 Å². The zero-order valence-corrected chi connectivity index (χ0v) is 17.5. The van der Waals surface area contributed by atoms with E-state index in [-0.39, 0.29) is 23.2 Å². The highest BCUT2D eigenvalue weighted by molar-refractivity contribution is 5.93. The Kier molecular flexibility index (Phi) is 4.81. The molecule has 154 valence electrons. The lowest BCUT2D eigenvalue weighted by molar-refractivity contribution is -0.174. The summed E-state index contributed by atoms with van der Waals surface area (Å²) in [5.74, 6) is 1.16. The Morgan fingerprint density at radius 1 is 1.29 bits per heavy atom. The van der Waals surface area contributed by atoms with Crippen molar-refractivity contribution in [3.05, 3.63) is 23.2 Å². The zero-order chi connectivity index (χ0) is 20.1. The molecule has 28 heavy (non-hydrogen) atoms. The quantitative estimate of drug-likeness (QED) is 0.726. The number of aryl methyl sites for hydroxylation is 1. The van der Waals surface area contributed by atoms with Gasteiger partial charge in [0.15, 0.2) is 5.76 Å². The van der Waals surface area contributed by atoms with Crippen molar-refractivity contribution in [3.8, 4) is 0 Å². The van der Waals surface area contributed by atoms with Crippen molar-refractivity contribution in [1.82, 2.24) is 9.80 Å². The average Bonchev–Trinajstić information content (AvgIpc) is 3.38. The van der Waals surface area contributed by atoms with Crippen LogP contribution in [0.25, 0.3) is 0 Å². The van der Waals surface area contributed by atoms with E-state index in [9.17, 15) is 9.59 Å². The van der Waals surface area contributed by atoms with Gasteiger partial charge in [0.05, 0.1) is 12.5 Å². The highest BCUT2D eigenvalue weighted by Crippen LogP contribution is 2.63. The molecule has 0 aromatic carbocycles. The first kappa shape index (κ1) is 19.5. The zero-order valence-electron chi connectivity index (χ0n) is 17.5. The van der Waals surface area contributed by atoms with Crippen LogP contribution in [-0.2, 0) is 22.5 Å². The van der Waals surface area contributed by atoms with Crippen molar-refractivity contribution < 1.29 is 18.7 Å². The molecule has 6 heteroatoms. The Morgan fingerprint density at radius 2 is 2.00 bits per heavy atom. The smallest absolute Gasteiger partial charge is 0.314 e. The summed E-state index contributed by atoms with van der Waals surface area (Å²) >= 11 is 0. The molecule has 0 spiro atoms. The van der Waals surface area contributed by atoms with E-state index in [0.717, 1.165) is 43.8 Å². The summed E-state index contributed by atoms with van der Waals surface area (Å²) < 4.78 is 11.1. The predicted octanol–water partition coefficient (Wildman–Crippen LogP) is 3.10. The maximum atomic E-state index is 13.2. The second-order valence-electron chi connectivity index (χ2n) is 9.45. The van der Waals surface area contributed by atoms with E-state index in [0.29, 0.717) is 18.8 Å². The molecule has 0 N–H and O–H groups in total. The van der Waals surface area contributed by atoms with Gasteiger partial charge in [0.1, 0.15) is 5.76 Å². The molecule has 4 rings (SSSR count). The van der Waals surface area contributed by atoms with E-state index in [1.807, 2.05) is 6.07 Å². The highest BCUT2D eigenvalue weighted by Gasteiger charge is 2.68. The van der Waals surface area contributed by atoms with Crippen LogP contribution in [0.1, 0.15) is 61.9 Å². The second-order valence-corrected chi connectivity index (χ2v) is 9.45. The third kappa shape index (κ3) is 2.97. The first-order valence-corrected chi connectivity index (χ1v) is 10.5. The van der Waals surface area contributed by atoms with Crippen LogP contribution in [0.5, 0.6) is 0 Å². The van der Waals surface area contributed by atoms with Crippen molar-refractivity contribution in [3.63, 3.8) is 0 Å². The van der Waals surface area contributed by atoms with Crippen LogP contribution in [0, 0.1) is 16.7 Å². The lowest BCUT2D eigenvalue weighted by Gasteiger charge is -2.54. The van der Waals surface area contributed by atoms with Crippen LogP contribution in [0.4, 0.5) is 0 Å². The second kappa shape index (κ2) is 6.90. The summed E-state index contributed by atoms with van der Waals surface area (Å²) in [4.78, 5) is 29.9. The van der Waals surface area contributed by atoms with Gasteiger partial charge in [-0.3, -0.25) is 14.5 Å². The third-order valence-corrected chi connectivity index (χ3v) is 7.16. The van der Waals surface area contributed by atoms with Crippen molar-refractivity contribution in [1.29, 1.82) is 0 Å². The summed E-state index contributed by atoms with van der Waals surface area (Å²) in [7, 11) is 1.44. The molecule has 1 amide bonds. The molecule has 1 saturated carbocycles. The largest absolute Gasteiger partial charge is 0.469 e. The molecule has 3 aliphatic rings. The first-order valence-electron chi connectivity index (χ1n) is 10.5.